The van der Waals surface area contributed by atoms with E-state index >= 15 is 0 Å². The molecule has 1 amide bonds. The standard InChI is InChI=1S/C20H27NO4/c1-3-16(13-8-10-15(25-2)11-9-13)19(22)21-17-7-5-4-6-14(17)12-18(21)20(23)24/h8-11,14,16-18H,3-7,12H2,1-2H3,(H,23,24). The first-order chi connectivity index (χ1) is 12.1. The smallest absolute Gasteiger partial charge is 0.326 e. The lowest BCUT2D eigenvalue weighted by Crippen LogP contribution is -2.48. The fourth-order valence-electron chi connectivity index (χ4n) is 4.57. The Morgan fingerprint density at radius 2 is 1.92 bits per heavy atom. The highest BCUT2D eigenvalue weighted by Gasteiger charge is 2.48. The van der Waals surface area contributed by atoms with Gasteiger partial charge in [-0.05, 0) is 49.3 Å². The first kappa shape index (κ1) is 17.8. The molecule has 1 heterocycles. The summed E-state index contributed by atoms with van der Waals surface area (Å²) in [4.78, 5) is 26.8. The second-order valence-electron chi connectivity index (χ2n) is 7.18. The van der Waals surface area contributed by atoms with Crippen molar-refractivity contribution in [3.63, 3.8) is 0 Å². The number of ether oxygens (including phenoxy) is 1. The van der Waals surface area contributed by atoms with Gasteiger partial charge in [-0.3, -0.25) is 4.79 Å². The van der Waals surface area contributed by atoms with E-state index in [-0.39, 0.29) is 17.9 Å². The fraction of sp³-hybridized carbons (Fsp3) is 0.600. The van der Waals surface area contributed by atoms with Gasteiger partial charge in [-0.1, -0.05) is 31.9 Å². The lowest BCUT2D eigenvalue weighted by molar-refractivity contribution is -0.150. The van der Waals surface area contributed by atoms with Crippen molar-refractivity contribution in [1.29, 1.82) is 0 Å². The van der Waals surface area contributed by atoms with Crippen LogP contribution in [0, 0.1) is 5.92 Å². The summed E-state index contributed by atoms with van der Waals surface area (Å²) in [6.45, 7) is 1.98. The van der Waals surface area contributed by atoms with Crippen molar-refractivity contribution in [2.45, 2.75) is 63.5 Å². The molecule has 5 heteroatoms. The average molecular weight is 345 g/mol. The van der Waals surface area contributed by atoms with Crippen molar-refractivity contribution in [3.05, 3.63) is 29.8 Å². The quantitative estimate of drug-likeness (QED) is 0.888. The zero-order valence-corrected chi connectivity index (χ0v) is 15.0. The van der Waals surface area contributed by atoms with Gasteiger partial charge in [0.15, 0.2) is 0 Å². The molecule has 3 rings (SSSR count). The fourth-order valence-corrected chi connectivity index (χ4v) is 4.57. The van der Waals surface area contributed by atoms with Gasteiger partial charge in [0.1, 0.15) is 11.8 Å². The van der Waals surface area contributed by atoms with E-state index in [0.717, 1.165) is 37.0 Å². The van der Waals surface area contributed by atoms with Gasteiger partial charge in [-0.25, -0.2) is 4.79 Å². The van der Waals surface area contributed by atoms with Gasteiger partial charge in [0.05, 0.1) is 13.0 Å². The molecule has 1 aliphatic heterocycles. The van der Waals surface area contributed by atoms with E-state index in [2.05, 4.69) is 0 Å². The molecule has 0 bridgehead atoms. The highest BCUT2D eigenvalue weighted by molar-refractivity contribution is 5.89. The van der Waals surface area contributed by atoms with Crippen LogP contribution in [-0.2, 0) is 9.59 Å². The van der Waals surface area contributed by atoms with E-state index in [1.807, 2.05) is 31.2 Å². The molecule has 5 nitrogen and oxygen atoms in total. The number of aliphatic carboxylic acids is 1. The third kappa shape index (κ3) is 3.37. The minimum absolute atomic E-state index is 0.0329. The molecule has 1 aromatic rings. The van der Waals surface area contributed by atoms with Gasteiger partial charge in [0, 0.05) is 6.04 Å². The van der Waals surface area contributed by atoms with E-state index < -0.39 is 12.0 Å². The van der Waals surface area contributed by atoms with Crippen LogP contribution in [0.3, 0.4) is 0 Å². The lowest BCUT2D eigenvalue weighted by Gasteiger charge is -2.35. The molecule has 2 fully saturated rings. The summed E-state index contributed by atoms with van der Waals surface area (Å²) in [7, 11) is 1.61. The number of benzene rings is 1. The molecule has 25 heavy (non-hydrogen) atoms. The number of carboxylic acids is 1. The van der Waals surface area contributed by atoms with Crippen molar-refractivity contribution in [2.24, 2.45) is 5.92 Å². The Bertz CT molecular complexity index is 627. The average Bonchev–Trinajstić information content (AvgIpc) is 3.02. The number of hydrogen-bond donors (Lipinski definition) is 1. The van der Waals surface area contributed by atoms with Crippen LogP contribution in [0.5, 0.6) is 5.75 Å². The molecule has 136 valence electrons. The molecule has 4 unspecified atom stereocenters. The molecule has 4 atom stereocenters. The van der Waals surface area contributed by atoms with Crippen LogP contribution < -0.4 is 4.74 Å². The molecule has 2 aliphatic rings. The van der Waals surface area contributed by atoms with Crippen LogP contribution in [0.1, 0.15) is 56.9 Å². The summed E-state index contributed by atoms with van der Waals surface area (Å²) < 4.78 is 5.19. The number of fused-ring (bicyclic) bond motifs is 1. The third-order valence-electron chi connectivity index (χ3n) is 5.85. The number of carbonyl (C=O) groups excluding carboxylic acids is 1. The van der Waals surface area contributed by atoms with Crippen LogP contribution in [0.4, 0.5) is 0 Å². The van der Waals surface area contributed by atoms with Crippen LogP contribution in [0.15, 0.2) is 24.3 Å². The number of carbonyl (C=O) groups is 2. The maximum atomic E-state index is 13.3. The Kier molecular flexibility index (Phi) is 5.30. The third-order valence-corrected chi connectivity index (χ3v) is 5.85. The SMILES string of the molecule is CCC(C(=O)N1C(C(=O)O)CC2CCCCC21)c1ccc(OC)cc1. The van der Waals surface area contributed by atoms with Crippen molar-refractivity contribution < 1.29 is 19.4 Å². The predicted molar refractivity (Wildman–Crippen MR) is 94.7 cm³/mol. The number of carboxylic acid groups (broad SMARTS) is 1. The van der Waals surface area contributed by atoms with Crippen LogP contribution in [-0.4, -0.2) is 41.1 Å². The number of nitrogens with zero attached hydrogens (tertiary/aromatic N) is 1. The number of rotatable bonds is 5. The minimum Gasteiger partial charge on any atom is -0.497 e. The second-order valence-corrected chi connectivity index (χ2v) is 7.18. The highest BCUT2D eigenvalue weighted by atomic mass is 16.5. The van der Waals surface area contributed by atoms with Crippen LogP contribution >= 0.6 is 0 Å². The number of methoxy groups -OCH3 is 1. The largest absolute Gasteiger partial charge is 0.497 e. The molecule has 0 radical (unpaired) electrons. The van der Waals surface area contributed by atoms with Gasteiger partial charge < -0.3 is 14.7 Å². The van der Waals surface area contributed by atoms with Gasteiger partial charge in [-0.15, -0.1) is 0 Å². The molecule has 1 saturated carbocycles. The molecule has 1 saturated heterocycles. The highest BCUT2D eigenvalue weighted by Crippen LogP contribution is 2.41. The van der Waals surface area contributed by atoms with E-state index in [1.54, 1.807) is 12.0 Å². The van der Waals surface area contributed by atoms with E-state index in [1.165, 1.54) is 0 Å². The zero-order chi connectivity index (χ0) is 18.0. The summed E-state index contributed by atoms with van der Waals surface area (Å²) in [5, 5.41) is 9.66. The molecule has 1 aliphatic carbocycles. The molecule has 1 aromatic carbocycles. The maximum Gasteiger partial charge on any atom is 0.326 e. The number of amides is 1. The Labute approximate surface area is 149 Å². The van der Waals surface area contributed by atoms with Crippen molar-refractivity contribution >= 4 is 11.9 Å². The topological polar surface area (TPSA) is 66.8 Å². The van der Waals surface area contributed by atoms with Crippen molar-refractivity contribution in [1.82, 2.24) is 4.90 Å². The zero-order valence-electron chi connectivity index (χ0n) is 15.0. The summed E-state index contributed by atoms with van der Waals surface area (Å²) in [5.74, 6) is -0.106. The first-order valence-corrected chi connectivity index (χ1v) is 9.25. The second kappa shape index (κ2) is 7.46. The van der Waals surface area contributed by atoms with Gasteiger partial charge in [0.25, 0.3) is 0 Å². The number of hydrogen-bond acceptors (Lipinski definition) is 3. The van der Waals surface area contributed by atoms with E-state index in [0.29, 0.717) is 18.8 Å². The predicted octanol–water partition coefficient (Wildman–Crippen LogP) is 3.43. The molecular formula is C20H27NO4. The Morgan fingerprint density at radius 3 is 2.52 bits per heavy atom. The lowest BCUT2D eigenvalue weighted by atomic mass is 9.84. The normalized spacial score (nSPS) is 26.8. The van der Waals surface area contributed by atoms with Crippen LogP contribution in [0.2, 0.25) is 0 Å². The molecule has 1 N–H and O–H groups in total. The summed E-state index contributed by atoms with van der Waals surface area (Å²) >= 11 is 0. The van der Waals surface area contributed by atoms with Crippen molar-refractivity contribution in [2.75, 3.05) is 7.11 Å². The van der Waals surface area contributed by atoms with Crippen molar-refractivity contribution in [3.8, 4) is 5.75 Å². The molecular weight excluding hydrogens is 318 g/mol. The monoisotopic (exact) mass is 345 g/mol. The van der Waals surface area contributed by atoms with Crippen LogP contribution in [0.25, 0.3) is 0 Å². The first-order valence-electron chi connectivity index (χ1n) is 9.25. The maximum absolute atomic E-state index is 13.3. The summed E-state index contributed by atoms with van der Waals surface area (Å²) in [6, 6.07) is 6.95. The Morgan fingerprint density at radius 1 is 1.24 bits per heavy atom. The Hall–Kier alpha value is -2.04. The summed E-state index contributed by atoms with van der Waals surface area (Å²) in [6.07, 6.45) is 5.45. The van der Waals surface area contributed by atoms with Gasteiger partial charge in [0.2, 0.25) is 5.91 Å². The molecule has 0 spiro atoms. The molecule has 0 aromatic heterocycles. The minimum atomic E-state index is -0.868. The summed E-state index contributed by atoms with van der Waals surface area (Å²) in [5.41, 5.74) is 0.927. The van der Waals surface area contributed by atoms with E-state index in [9.17, 15) is 14.7 Å². The van der Waals surface area contributed by atoms with E-state index in [4.69, 9.17) is 4.74 Å². The van der Waals surface area contributed by atoms with Gasteiger partial charge in [-0.2, -0.15) is 0 Å². The van der Waals surface area contributed by atoms with Gasteiger partial charge >= 0.3 is 5.97 Å². The Balaban J connectivity index is 1.87. The number of likely N-dealkylation sites (tertiary alicyclic amines) is 1.